The number of aromatic nitrogens is 2. The molecule has 0 fully saturated rings. The lowest BCUT2D eigenvalue weighted by Crippen LogP contribution is -2.14. The number of hydrogen-bond acceptors (Lipinski definition) is 3. The highest BCUT2D eigenvalue weighted by atomic mass is 32.2. The summed E-state index contributed by atoms with van der Waals surface area (Å²) in [6, 6.07) is 9.37. The topological polar surface area (TPSA) is 46.9 Å². The first-order valence-corrected chi connectivity index (χ1v) is 6.78. The number of hydrogen-bond donors (Lipinski definition) is 1. The van der Waals surface area contributed by atoms with Crippen LogP contribution in [0, 0.1) is 6.92 Å². The van der Waals surface area contributed by atoms with E-state index < -0.39 is 0 Å². The quantitative estimate of drug-likeness (QED) is 0.864. The van der Waals surface area contributed by atoms with Crippen molar-refractivity contribution in [1.29, 1.82) is 0 Å². The van der Waals surface area contributed by atoms with Crippen molar-refractivity contribution in [3.8, 4) is 0 Å². The van der Waals surface area contributed by atoms with Gasteiger partial charge in [-0.05, 0) is 37.4 Å². The van der Waals surface area contributed by atoms with Crippen molar-refractivity contribution in [2.75, 3.05) is 11.6 Å². The SMILES string of the molecule is CSc1ccc(C(=O)Nc2cc(C)nn2C)cc1. The largest absolute Gasteiger partial charge is 0.307 e. The predicted molar refractivity (Wildman–Crippen MR) is 74.1 cm³/mol. The van der Waals surface area contributed by atoms with E-state index in [0.717, 1.165) is 10.6 Å². The number of nitrogens with one attached hydrogen (secondary N) is 1. The molecule has 0 radical (unpaired) electrons. The van der Waals surface area contributed by atoms with Crippen molar-refractivity contribution in [3.05, 3.63) is 41.6 Å². The number of rotatable bonds is 3. The lowest BCUT2D eigenvalue weighted by Gasteiger charge is -2.05. The number of thioether (sulfide) groups is 1. The highest BCUT2D eigenvalue weighted by molar-refractivity contribution is 7.98. The van der Waals surface area contributed by atoms with E-state index in [1.807, 2.05) is 43.5 Å². The molecule has 0 spiro atoms. The molecule has 1 aromatic heterocycles. The van der Waals surface area contributed by atoms with Crippen LogP contribution in [0.25, 0.3) is 0 Å². The summed E-state index contributed by atoms with van der Waals surface area (Å²) in [5.41, 5.74) is 1.53. The van der Waals surface area contributed by atoms with Gasteiger partial charge in [0.1, 0.15) is 5.82 Å². The average molecular weight is 261 g/mol. The number of carbonyl (C=O) groups excluding carboxylic acids is 1. The van der Waals surface area contributed by atoms with Crippen molar-refractivity contribution >= 4 is 23.5 Å². The van der Waals surface area contributed by atoms with Crippen molar-refractivity contribution in [1.82, 2.24) is 9.78 Å². The predicted octanol–water partition coefficient (Wildman–Crippen LogP) is 2.70. The van der Waals surface area contributed by atoms with Gasteiger partial charge in [-0.2, -0.15) is 5.10 Å². The van der Waals surface area contributed by atoms with Crippen LogP contribution in [0.15, 0.2) is 35.2 Å². The third-order valence-corrected chi connectivity index (χ3v) is 3.34. The van der Waals surface area contributed by atoms with Crippen molar-refractivity contribution in [3.63, 3.8) is 0 Å². The number of amides is 1. The van der Waals surface area contributed by atoms with E-state index in [0.29, 0.717) is 11.4 Å². The molecule has 0 aliphatic heterocycles. The van der Waals surface area contributed by atoms with Gasteiger partial charge < -0.3 is 5.32 Å². The van der Waals surface area contributed by atoms with E-state index in [1.165, 1.54) is 0 Å². The molecular formula is C13H15N3OS. The molecule has 1 amide bonds. The van der Waals surface area contributed by atoms with Gasteiger partial charge in [-0.15, -0.1) is 11.8 Å². The van der Waals surface area contributed by atoms with E-state index in [9.17, 15) is 4.79 Å². The minimum absolute atomic E-state index is 0.120. The highest BCUT2D eigenvalue weighted by Gasteiger charge is 2.09. The maximum Gasteiger partial charge on any atom is 0.256 e. The van der Waals surface area contributed by atoms with Gasteiger partial charge in [-0.3, -0.25) is 9.48 Å². The third-order valence-electron chi connectivity index (χ3n) is 2.60. The molecule has 1 heterocycles. The van der Waals surface area contributed by atoms with Gasteiger partial charge >= 0.3 is 0 Å². The van der Waals surface area contributed by atoms with E-state index in [-0.39, 0.29) is 5.91 Å². The molecule has 0 saturated heterocycles. The molecule has 2 rings (SSSR count). The smallest absolute Gasteiger partial charge is 0.256 e. The Kier molecular flexibility index (Phi) is 3.72. The molecule has 0 aliphatic carbocycles. The first kappa shape index (κ1) is 12.7. The minimum atomic E-state index is -0.120. The van der Waals surface area contributed by atoms with Gasteiger partial charge in [-0.1, -0.05) is 0 Å². The molecule has 94 valence electrons. The molecule has 2 aromatic rings. The molecule has 0 bridgehead atoms. The summed E-state index contributed by atoms with van der Waals surface area (Å²) in [5.74, 6) is 0.581. The Bertz CT molecular complexity index is 560. The fourth-order valence-corrected chi connectivity index (χ4v) is 2.07. The third kappa shape index (κ3) is 2.73. The van der Waals surface area contributed by atoms with E-state index >= 15 is 0 Å². The lowest BCUT2D eigenvalue weighted by molar-refractivity contribution is 0.102. The van der Waals surface area contributed by atoms with Crippen LogP contribution < -0.4 is 5.32 Å². The van der Waals surface area contributed by atoms with Gasteiger partial charge in [0.05, 0.1) is 5.69 Å². The second kappa shape index (κ2) is 5.27. The normalized spacial score (nSPS) is 10.4. The first-order chi connectivity index (χ1) is 8.60. The molecule has 0 atom stereocenters. The van der Waals surface area contributed by atoms with Crippen molar-refractivity contribution in [2.45, 2.75) is 11.8 Å². The number of carbonyl (C=O) groups is 1. The van der Waals surface area contributed by atoms with Crippen LogP contribution >= 0.6 is 11.8 Å². The summed E-state index contributed by atoms with van der Waals surface area (Å²) in [7, 11) is 1.80. The van der Waals surface area contributed by atoms with Crippen LogP contribution in [0.1, 0.15) is 16.1 Å². The number of aryl methyl sites for hydroxylation is 2. The maximum atomic E-state index is 12.0. The summed E-state index contributed by atoms with van der Waals surface area (Å²) in [4.78, 5) is 13.2. The van der Waals surface area contributed by atoms with E-state index in [4.69, 9.17) is 0 Å². The Morgan fingerprint density at radius 3 is 2.50 bits per heavy atom. The van der Waals surface area contributed by atoms with Crippen LogP contribution in [0.3, 0.4) is 0 Å². The molecule has 0 saturated carbocycles. The Morgan fingerprint density at radius 1 is 1.33 bits per heavy atom. The first-order valence-electron chi connectivity index (χ1n) is 5.56. The molecule has 18 heavy (non-hydrogen) atoms. The van der Waals surface area contributed by atoms with Crippen molar-refractivity contribution in [2.24, 2.45) is 7.05 Å². The monoisotopic (exact) mass is 261 g/mol. The maximum absolute atomic E-state index is 12.0. The minimum Gasteiger partial charge on any atom is -0.307 e. The van der Waals surface area contributed by atoms with Gasteiger partial charge in [0.15, 0.2) is 0 Å². The van der Waals surface area contributed by atoms with Crippen LogP contribution in [-0.2, 0) is 7.05 Å². The molecule has 0 aliphatic rings. The van der Waals surface area contributed by atoms with Crippen LogP contribution in [0.5, 0.6) is 0 Å². The summed E-state index contributed by atoms with van der Waals surface area (Å²) < 4.78 is 1.66. The Labute approximate surface area is 110 Å². The molecule has 1 N–H and O–H groups in total. The van der Waals surface area contributed by atoms with Gasteiger partial charge in [0.2, 0.25) is 0 Å². The zero-order chi connectivity index (χ0) is 13.1. The molecule has 5 heteroatoms. The van der Waals surface area contributed by atoms with Gasteiger partial charge in [0, 0.05) is 23.6 Å². The lowest BCUT2D eigenvalue weighted by atomic mass is 10.2. The Hall–Kier alpha value is -1.75. The van der Waals surface area contributed by atoms with Gasteiger partial charge in [0.25, 0.3) is 5.91 Å². The van der Waals surface area contributed by atoms with Crippen LogP contribution in [-0.4, -0.2) is 21.9 Å². The second-order valence-electron chi connectivity index (χ2n) is 3.98. The molecule has 1 aromatic carbocycles. The Morgan fingerprint density at radius 2 is 2.00 bits per heavy atom. The van der Waals surface area contributed by atoms with Crippen LogP contribution in [0.4, 0.5) is 5.82 Å². The average Bonchev–Trinajstić information content (AvgIpc) is 2.68. The second-order valence-corrected chi connectivity index (χ2v) is 4.86. The molecular weight excluding hydrogens is 246 g/mol. The zero-order valence-electron chi connectivity index (χ0n) is 10.6. The fraction of sp³-hybridized carbons (Fsp3) is 0.231. The van der Waals surface area contributed by atoms with E-state index in [2.05, 4.69) is 10.4 Å². The fourth-order valence-electron chi connectivity index (χ4n) is 1.66. The highest BCUT2D eigenvalue weighted by Crippen LogP contribution is 2.16. The molecule has 0 unspecified atom stereocenters. The zero-order valence-corrected chi connectivity index (χ0v) is 11.4. The summed E-state index contributed by atoms with van der Waals surface area (Å²) >= 11 is 1.65. The standard InChI is InChI=1S/C13H15N3OS/c1-9-8-12(16(2)15-9)14-13(17)10-4-6-11(18-3)7-5-10/h4-8H,1-3H3,(H,14,17). The number of anilines is 1. The Balaban J connectivity index is 2.14. The van der Waals surface area contributed by atoms with Crippen molar-refractivity contribution < 1.29 is 4.79 Å². The molecule has 4 nitrogen and oxygen atoms in total. The number of benzene rings is 1. The number of nitrogens with zero attached hydrogens (tertiary/aromatic N) is 2. The van der Waals surface area contributed by atoms with Gasteiger partial charge in [-0.25, -0.2) is 0 Å². The van der Waals surface area contributed by atoms with Crippen LogP contribution in [0.2, 0.25) is 0 Å². The van der Waals surface area contributed by atoms with E-state index in [1.54, 1.807) is 23.5 Å². The summed E-state index contributed by atoms with van der Waals surface area (Å²) in [6.45, 7) is 1.89. The summed E-state index contributed by atoms with van der Waals surface area (Å²) in [5, 5.41) is 7.02. The summed E-state index contributed by atoms with van der Waals surface area (Å²) in [6.07, 6.45) is 2.01.